The molecule has 1 aromatic carbocycles. The normalized spacial score (nSPS) is 12.4. The van der Waals surface area contributed by atoms with Crippen molar-refractivity contribution in [3.05, 3.63) is 35.4 Å². The fourth-order valence-corrected chi connectivity index (χ4v) is 1.57. The first kappa shape index (κ1) is 15.4. The van der Waals surface area contributed by atoms with Crippen LogP contribution in [0.4, 0.5) is 8.78 Å². The zero-order valence-electron chi connectivity index (χ0n) is 11.8. The Morgan fingerprint density at radius 1 is 1.26 bits per heavy atom. The topological polar surface area (TPSA) is 36.4 Å². The Bertz CT molecular complexity index is 450. The summed E-state index contributed by atoms with van der Waals surface area (Å²) in [5.41, 5.74) is 0.392. The minimum absolute atomic E-state index is 0.0943. The average molecular weight is 269 g/mol. The van der Waals surface area contributed by atoms with Crippen LogP contribution in [0.5, 0.6) is 0 Å². The van der Waals surface area contributed by atoms with E-state index in [0.29, 0.717) is 24.5 Å². The van der Waals surface area contributed by atoms with Gasteiger partial charge in [-0.05, 0) is 38.8 Å². The van der Waals surface area contributed by atoms with Crippen LogP contribution in [0.15, 0.2) is 23.2 Å². The summed E-state index contributed by atoms with van der Waals surface area (Å²) >= 11 is 0. The summed E-state index contributed by atoms with van der Waals surface area (Å²) in [6, 6.07) is 3.63. The van der Waals surface area contributed by atoms with E-state index in [9.17, 15) is 8.78 Å². The maximum absolute atomic E-state index is 13.4. The van der Waals surface area contributed by atoms with Gasteiger partial charge in [-0.2, -0.15) is 0 Å². The van der Waals surface area contributed by atoms with E-state index in [1.807, 2.05) is 20.8 Å². The molecule has 0 fully saturated rings. The first-order chi connectivity index (χ1) is 8.81. The van der Waals surface area contributed by atoms with Gasteiger partial charge in [0.25, 0.3) is 0 Å². The predicted octanol–water partition coefficient (Wildman–Crippen LogP) is 2.47. The van der Waals surface area contributed by atoms with Crippen LogP contribution in [0.2, 0.25) is 0 Å². The molecule has 5 heteroatoms. The van der Waals surface area contributed by atoms with E-state index >= 15 is 0 Å². The van der Waals surface area contributed by atoms with Gasteiger partial charge in [0, 0.05) is 25.2 Å². The van der Waals surface area contributed by atoms with Crippen molar-refractivity contribution < 1.29 is 8.78 Å². The van der Waals surface area contributed by atoms with Gasteiger partial charge in [-0.1, -0.05) is 6.07 Å². The van der Waals surface area contributed by atoms with Crippen molar-refractivity contribution in [3.8, 4) is 0 Å². The van der Waals surface area contributed by atoms with E-state index in [2.05, 4.69) is 15.6 Å². The Balaban J connectivity index is 2.49. The maximum Gasteiger partial charge on any atom is 0.191 e. The van der Waals surface area contributed by atoms with Gasteiger partial charge < -0.3 is 10.6 Å². The highest BCUT2D eigenvalue weighted by Crippen LogP contribution is 2.09. The van der Waals surface area contributed by atoms with Gasteiger partial charge in [0.15, 0.2) is 5.96 Å². The highest BCUT2D eigenvalue weighted by atomic mass is 19.1. The quantitative estimate of drug-likeness (QED) is 0.653. The van der Waals surface area contributed by atoms with Crippen LogP contribution in [0.1, 0.15) is 26.3 Å². The molecule has 0 aromatic heterocycles. The van der Waals surface area contributed by atoms with Gasteiger partial charge >= 0.3 is 0 Å². The van der Waals surface area contributed by atoms with Crippen molar-refractivity contribution >= 4 is 5.96 Å². The first-order valence-corrected chi connectivity index (χ1v) is 6.24. The van der Waals surface area contributed by atoms with Crippen molar-refractivity contribution in [1.29, 1.82) is 0 Å². The molecule has 0 spiro atoms. The number of nitrogens with one attached hydrogen (secondary N) is 2. The van der Waals surface area contributed by atoms with Crippen molar-refractivity contribution in [2.45, 2.75) is 32.7 Å². The number of aliphatic imine (C=N–C) groups is 1. The summed E-state index contributed by atoms with van der Waals surface area (Å²) in [5.74, 6) is -0.407. The first-order valence-electron chi connectivity index (χ1n) is 6.24. The third kappa shape index (κ3) is 5.68. The number of nitrogens with zero attached hydrogens (tertiary/aromatic N) is 1. The SMILES string of the molecule is CN=C(NCCc1ccc(F)cc1F)NC(C)(C)C. The Morgan fingerprint density at radius 3 is 2.47 bits per heavy atom. The minimum atomic E-state index is -0.556. The van der Waals surface area contributed by atoms with Crippen LogP contribution in [-0.2, 0) is 6.42 Å². The molecule has 3 nitrogen and oxygen atoms in total. The van der Waals surface area contributed by atoms with Gasteiger partial charge in [-0.3, -0.25) is 4.99 Å². The lowest BCUT2D eigenvalue weighted by Crippen LogP contribution is -2.48. The molecule has 0 aliphatic rings. The lowest BCUT2D eigenvalue weighted by molar-refractivity contribution is 0.501. The molecule has 2 N–H and O–H groups in total. The van der Waals surface area contributed by atoms with E-state index in [1.54, 1.807) is 7.05 Å². The molecule has 0 aliphatic heterocycles. The Kier molecular flexibility index (Phi) is 5.27. The highest BCUT2D eigenvalue weighted by Gasteiger charge is 2.11. The molecule has 1 rings (SSSR count). The van der Waals surface area contributed by atoms with Crippen LogP contribution in [0, 0.1) is 11.6 Å². The van der Waals surface area contributed by atoms with Crippen LogP contribution in [0.3, 0.4) is 0 Å². The Hall–Kier alpha value is -1.65. The van der Waals surface area contributed by atoms with Crippen molar-refractivity contribution in [1.82, 2.24) is 10.6 Å². The third-order valence-corrected chi connectivity index (χ3v) is 2.42. The lowest BCUT2D eigenvalue weighted by atomic mass is 10.1. The van der Waals surface area contributed by atoms with Crippen molar-refractivity contribution in [3.63, 3.8) is 0 Å². The number of rotatable bonds is 3. The summed E-state index contributed by atoms with van der Waals surface area (Å²) in [6.07, 6.45) is 0.469. The molecule has 0 atom stereocenters. The molecule has 0 unspecified atom stereocenters. The van der Waals surface area contributed by atoms with Gasteiger partial charge in [0.05, 0.1) is 0 Å². The molecule has 106 valence electrons. The van der Waals surface area contributed by atoms with E-state index in [0.717, 1.165) is 6.07 Å². The van der Waals surface area contributed by atoms with Gasteiger partial charge in [0.2, 0.25) is 0 Å². The molecule has 0 heterocycles. The summed E-state index contributed by atoms with van der Waals surface area (Å²) in [7, 11) is 1.68. The number of benzene rings is 1. The summed E-state index contributed by atoms with van der Waals surface area (Å²) in [5, 5.41) is 6.30. The lowest BCUT2D eigenvalue weighted by Gasteiger charge is -2.23. The fourth-order valence-electron chi connectivity index (χ4n) is 1.57. The zero-order valence-corrected chi connectivity index (χ0v) is 11.8. The number of hydrogen-bond donors (Lipinski definition) is 2. The van der Waals surface area contributed by atoms with Crippen molar-refractivity contribution in [2.75, 3.05) is 13.6 Å². The van der Waals surface area contributed by atoms with Crippen LogP contribution < -0.4 is 10.6 Å². The fraction of sp³-hybridized carbons (Fsp3) is 0.500. The molecule has 19 heavy (non-hydrogen) atoms. The second kappa shape index (κ2) is 6.50. The Morgan fingerprint density at radius 2 is 1.95 bits per heavy atom. The number of hydrogen-bond acceptors (Lipinski definition) is 1. The van der Waals surface area contributed by atoms with Crippen LogP contribution >= 0.6 is 0 Å². The monoisotopic (exact) mass is 269 g/mol. The number of guanidine groups is 1. The predicted molar refractivity (Wildman–Crippen MR) is 74.3 cm³/mol. The molecule has 0 amide bonds. The van der Waals surface area contributed by atoms with E-state index < -0.39 is 11.6 Å². The molecule has 0 bridgehead atoms. The van der Waals surface area contributed by atoms with Gasteiger partial charge in [0.1, 0.15) is 11.6 Å². The second-order valence-corrected chi connectivity index (χ2v) is 5.36. The maximum atomic E-state index is 13.4. The largest absolute Gasteiger partial charge is 0.356 e. The number of halogens is 2. The van der Waals surface area contributed by atoms with Crippen LogP contribution in [0.25, 0.3) is 0 Å². The minimum Gasteiger partial charge on any atom is -0.356 e. The Labute approximate surface area is 113 Å². The van der Waals surface area contributed by atoms with E-state index in [4.69, 9.17) is 0 Å². The second-order valence-electron chi connectivity index (χ2n) is 5.36. The van der Waals surface area contributed by atoms with E-state index in [1.165, 1.54) is 12.1 Å². The van der Waals surface area contributed by atoms with Gasteiger partial charge in [-0.15, -0.1) is 0 Å². The summed E-state index contributed by atoms with van der Waals surface area (Å²) in [4.78, 5) is 4.08. The molecule has 0 saturated heterocycles. The summed E-state index contributed by atoms with van der Waals surface area (Å²) < 4.78 is 26.2. The summed E-state index contributed by atoms with van der Waals surface area (Å²) in [6.45, 7) is 6.61. The zero-order chi connectivity index (χ0) is 14.5. The molecule has 1 aromatic rings. The smallest absolute Gasteiger partial charge is 0.191 e. The molecule has 0 aliphatic carbocycles. The van der Waals surface area contributed by atoms with Gasteiger partial charge in [-0.25, -0.2) is 8.78 Å². The average Bonchev–Trinajstić information content (AvgIpc) is 2.29. The van der Waals surface area contributed by atoms with E-state index in [-0.39, 0.29) is 5.54 Å². The van der Waals surface area contributed by atoms with Crippen molar-refractivity contribution in [2.24, 2.45) is 4.99 Å². The van der Waals surface area contributed by atoms with Crippen LogP contribution in [-0.4, -0.2) is 25.1 Å². The molecule has 0 radical (unpaired) electrons. The molecule has 0 saturated carbocycles. The molecular weight excluding hydrogens is 248 g/mol. The molecular formula is C14H21F2N3. The third-order valence-electron chi connectivity index (χ3n) is 2.42. The highest BCUT2D eigenvalue weighted by molar-refractivity contribution is 5.80. The standard InChI is InChI=1S/C14H21F2N3/c1-14(2,3)19-13(17-4)18-8-7-10-5-6-11(15)9-12(10)16/h5-6,9H,7-8H2,1-4H3,(H2,17,18,19).